The Kier molecular flexibility index (Phi) is 7.07. The molecule has 3 rings (SSSR count). The molecule has 8 heteroatoms. The molecular formula is C22H23F3N2O2S. The average molecular weight is 436 g/mol. The highest BCUT2D eigenvalue weighted by Gasteiger charge is 2.33. The lowest BCUT2D eigenvalue weighted by molar-refractivity contribution is -0.137. The van der Waals surface area contributed by atoms with Gasteiger partial charge in [0.2, 0.25) is 11.8 Å². The van der Waals surface area contributed by atoms with Gasteiger partial charge >= 0.3 is 6.18 Å². The van der Waals surface area contributed by atoms with Crippen molar-refractivity contribution in [3.8, 4) is 0 Å². The first-order valence-corrected chi connectivity index (χ1v) is 10.6. The fourth-order valence-corrected chi connectivity index (χ4v) is 4.35. The minimum Gasteiger partial charge on any atom is -0.355 e. The normalized spacial score (nSPS) is 16.5. The molecule has 1 heterocycles. The zero-order valence-electron chi connectivity index (χ0n) is 16.5. The minimum atomic E-state index is -4.47. The average Bonchev–Trinajstić information content (AvgIpc) is 2.85. The largest absolute Gasteiger partial charge is 0.416 e. The summed E-state index contributed by atoms with van der Waals surface area (Å²) in [4.78, 5) is 26.9. The van der Waals surface area contributed by atoms with Gasteiger partial charge in [-0.3, -0.25) is 9.59 Å². The van der Waals surface area contributed by atoms with Crippen LogP contribution in [0.5, 0.6) is 0 Å². The number of hydrogen-bond acceptors (Lipinski definition) is 3. The van der Waals surface area contributed by atoms with Gasteiger partial charge < -0.3 is 10.2 Å². The SMILES string of the molecule is C[C@H]1CCN(C(=O)CCNC(=O)Cc2ccccc2)c2cc(C(F)(F)F)ccc2S1. The Morgan fingerprint density at radius 3 is 2.60 bits per heavy atom. The smallest absolute Gasteiger partial charge is 0.355 e. The van der Waals surface area contributed by atoms with E-state index in [1.807, 2.05) is 37.3 Å². The molecular weight excluding hydrogens is 413 g/mol. The molecule has 1 atom stereocenters. The van der Waals surface area contributed by atoms with Crippen molar-refractivity contribution >= 4 is 29.3 Å². The molecule has 2 aromatic rings. The van der Waals surface area contributed by atoms with Crippen LogP contribution in [0.1, 0.15) is 30.9 Å². The third kappa shape index (κ3) is 5.78. The molecule has 0 saturated heterocycles. The van der Waals surface area contributed by atoms with Crippen molar-refractivity contribution < 1.29 is 22.8 Å². The van der Waals surface area contributed by atoms with Crippen LogP contribution in [-0.4, -0.2) is 30.2 Å². The van der Waals surface area contributed by atoms with Crippen molar-refractivity contribution in [3.63, 3.8) is 0 Å². The van der Waals surface area contributed by atoms with Crippen LogP contribution in [0.2, 0.25) is 0 Å². The minimum absolute atomic E-state index is 0.0231. The first kappa shape index (κ1) is 22.2. The summed E-state index contributed by atoms with van der Waals surface area (Å²) >= 11 is 1.47. The van der Waals surface area contributed by atoms with Gasteiger partial charge in [0.05, 0.1) is 17.7 Å². The van der Waals surface area contributed by atoms with Gasteiger partial charge in [0.15, 0.2) is 0 Å². The molecule has 0 unspecified atom stereocenters. The van der Waals surface area contributed by atoms with E-state index < -0.39 is 11.7 Å². The van der Waals surface area contributed by atoms with Crippen molar-refractivity contribution in [2.24, 2.45) is 0 Å². The number of carbonyl (C=O) groups is 2. The maximum Gasteiger partial charge on any atom is 0.416 e. The van der Waals surface area contributed by atoms with E-state index in [-0.39, 0.29) is 36.5 Å². The van der Waals surface area contributed by atoms with Crippen LogP contribution in [-0.2, 0) is 22.2 Å². The molecule has 4 nitrogen and oxygen atoms in total. The van der Waals surface area contributed by atoms with Crippen molar-refractivity contribution in [3.05, 3.63) is 59.7 Å². The van der Waals surface area contributed by atoms with Crippen LogP contribution < -0.4 is 10.2 Å². The molecule has 1 N–H and O–H groups in total. The first-order chi connectivity index (χ1) is 14.2. The first-order valence-electron chi connectivity index (χ1n) is 9.73. The van der Waals surface area contributed by atoms with Gasteiger partial charge in [-0.1, -0.05) is 37.3 Å². The number of fused-ring (bicyclic) bond motifs is 1. The molecule has 0 aromatic heterocycles. The summed E-state index contributed by atoms with van der Waals surface area (Å²) in [7, 11) is 0. The van der Waals surface area contributed by atoms with Crippen LogP contribution in [0.3, 0.4) is 0 Å². The Bertz CT molecular complexity index is 903. The van der Waals surface area contributed by atoms with E-state index in [4.69, 9.17) is 0 Å². The number of halogens is 3. The molecule has 2 aromatic carbocycles. The summed E-state index contributed by atoms with van der Waals surface area (Å²) in [5, 5.41) is 2.90. The zero-order valence-corrected chi connectivity index (χ0v) is 17.4. The molecule has 2 amide bonds. The van der Waals surface area contributed by atoms with Gasteiger partial charge in [-0.2, -0.15) is 13.2 Å². The highest BCUT2D eigenvalue weighted by atomic mass is 32.2. The van der Waals surface area contributed by atoms with Crippen molar-refractivity contribution in [1.82, 2.24) is 5.32 Å². The Hall–Kier alpha value is -2.48. The Labute approximate surface area is 177 Å². The number of carbonyl (C=O) groups excluding carboxylic acids is 2. The Morgan fingerprint density at radius 2 is 1.90 bits per heavy atom. The zero-order chi connectivity index (χ0) is 21.7. The molecule has 0 bridgehead atoms. The monoisotopic (exact) mass is 436 g/mol. The number of thioether (sulfide) groups is 1. The van der Waals surface area contributed by atoms with Gasteiger partial charge in [0.25, 0.3) is 0 Å². The third-order valence-corrected chi connectivity index (χ3v) is 6.07. The molecule has 1 aliphatic rings. The number of nitrogens with zero attached hydrogens (tertiary/aromatic N) is 1. The molecule has 0 radical (unpaired) electrons. The fraction of sp³-hybridized carbons (Fsp3) is 0.364. The van der Waals surface area contributed by atoms with Crippen LogP contribution in [0.15, 0.2) is 53.4 Å². The van der Waals surface area contributed by atoms with E-state index in [1.54, 1.807) is 0 Å². The standard InChI is InChI=1S/C22H23F3N2O2S/c1-15-10-12-27(18-14-17(22(23,24)25)7-8-19(18)30-15)21(29)9-11-26-20(28)13-16-5-3-2-4-6-16/h2-8,14-15H,9-13H2,1H3,(H,26,28)/t15-/m0/s1. The summed E-state index contributed by atoms with van der Waals surface area (Å²) in [6, 6.07) is 12.8. The number of hydrogen-bond donors (Lipinski definition) is 1. The van der Waals surface area contributed by atoms with Gasteiger partial charge in [-0.05, 0) is 30.2 Å². The lowest BCUT2D eigenvalue weighted by atomic mass is 10.1. The molecule has 0 aliphatic carbocycles. The van der Waals surface area contributed by atoms with E-state index in [9.17, 15) is 22.8 Å². The summed E-state index contributed by atoms with van der Waals surface area (Å²) in [5.41, 5.74) is 0.388. The molecule has 0 spiro atoms. The lowest BCUT2D eigenvalue weighted by Gasteiger charge is -2.24. The van der Waals surface area contributed by atoms with Crippen LogP contribution in [0.25, 0.3) is 0 Å². The number of benzene rings is 2. The maximum absolute atomic E-state index is 13.2. The van der Waals surface area contributed by atoms with Gasteiger partial charge in [-0.25, -0.2) is 0 Å². The molecule has 30 heavy (non-hydrogen) atoms. The summed E-state index contributed by atoms with van der Waals surface area (Å²) in [5.74, 6) is -0.501. The molecule has 0 saturated carbocycles. The second-order valence-corrected chi connectivity index (χ2v) is 8.69. The van der Waals surface area contributed by atoms with E-state index in [0.717, 1.165) is 17.7 Å². The van der Waals surface area contributed by atoms with Crippen molar-refractivity contribution in [1.29, 1.82) is 0 Å². The predicted molar refractivity (Wildman–Crippen MR) is 112 cm³/mol. The van der Waals surface area contributed by atoms with E-state index in [1.165, 1.54) is 22.7 Å². The van der Waals surface area contributed by atoms with Gasteiger partial charge in [0.1, 0.15) is 0 Å². The number of nitrogens with one attached hydrogen (secondary N) is 1. The van der Waals surface area contributed by atoms with Crippen LogP contribution in [0, 0.1) is 0 Å². The summed E-state index contributed by atoms with van der Waals surface area (Å²) in [6.07, 6.45) is -3.56. The number of alkyl halides is 3. The number of rotatable bonds is 5. The van der Waals surface area contributed by atoms with Crippen LogP contribution in [0.4, 0.5) is 18.9 Å². The number of amides is 2. The second-order valence-electron chi connectivity index (χ2n) is 7.21. The van der Waals surface area contributed by atoms with Gasteiger partial charge in [-0.15, -0.1) is 11.8 Å². The third-order valence-electron chi connectivity index (χ3n) is 4.83. The van der Waals surface area contributed by atoms with E-state index in [2.05, 4.69) is 5.32 Å². The Morgan fingerprint density at radius 1 is 1.17 bits per heavy atom. The Balaban J connectivity index is 1.66. The molecule has 160 valence electrons. The predicted octanol–water partition coefficient (Wildman–Crippen LogP) is 4.67. The number of anilines is 1. The van der Waals surface area contributed by atoms with E-state index in [0.29, 0.717) is 23.5 Å². The van der Waals surface area contributed by atoms with Crippen LogP contribution >= 0.6 is 11.8 Å². The maximum atomic E-state index is 13.2. The molecule has 0 fully saturated rings. The quantitative estimate of drug-likeness (QED) is 0.741. The lowest BCUT2D eigenvalue weighted by Crippen LogP contribution is -2.36. The highest BCUT2D eigenvalue weighted by Crippen LogP contribution is 2.41. The fourth-order valence-electron chi connectivity index (χ4n) is 3.26. The van der Waals surface area contributed by atoms with Crippen molar-refractivity contribution in [2.75, 3.05) is 18.0 Å². The van der Waals surface area contributed by atoms with Crippen molar-refractivity contribution in [2.45, 2.75) is 42.5 Å². The topological polar surface area (TPSA) is 49.4 Å². The highest BCUT2D eigenvalue weighted by molar-refractivity contribution is 8.00. The summed E-state index contributed by atoms with van der Waals surface area (Å²) in [6.45, 7) is 2.47. The van der Waals surface area contributed by atoms with Gasteiger partial charge in [0, 0.05) is 29.7 Å². The summed E-state index contributed by atoms with van der Waals surface area (Å²) < 4.78 is 39.5. The van der Waals surface area contributed by atoms with E-state index >= 15 is 0 Å². The second kappa shape index (κ2) is 9.55. The molecule has 1 aliphatic heterocycles.